The van der Waals surface area contributed by atoms with E-state index in [1.165, 1.54) is 12.3 Å². The normalized spacial score (nSPS) is 10.7. The minimum atomic E-state index is -0.262. The van der Waals surface area contributed by atoms with E-state index in [9.17, 15) is 4.39 Å². The van der Waals surface area contributed by atoms with Crippen molar-refractivity contribution in [2.24, 2.45) is 0 Å². The van der Waals surface area contributed by atoms with Crippen molar-refractivity contribution in [1.29, 1.82) is 5.41 Å². The van der Waals surface area contributed by atoms with E-state index in [2.05, 4.69) is 25.6 Å². The molecule has 0 aliphatic rings. The first-order chi connectivity index (χ1) is 13.2. The van der Waals surface area contributed by atoms with Gasteiger partial charge in [-0.3, -0.25) is 0 Å². The second-order valence-electron chi connectivity index (χ2n) is 6.01. The SMILES string of the molecule is N=Cc1cnc(Nc2ccc3nc[nH]c3c2)cc1NCc1ccccc1F. The maximum absolute atomic E-state index is 13.8. The summed E-state index contributed by atoms with van der Waals surface area (Å²) in [4.78, 5) is 11.6. The molecule has 7 heteroatoms. The van der Waals surface area contributed by atoms with Gasteiger partial charge in [-0.05, 0) is 24.3 Å². The number of fused-ring (bicyclic) bond motifs is 1. The maximum atomic E-state index is 13.8. The van der Waals surface area contributed by atoms with Crippen molar-refractivity contribution in [3.63, 3.8) is 0 Å². The van der Waals surface area contributed by atoms with Gasteiger partial charge in [-0.15, -0.1) is 0 Å². The van der Waals surface area contributed by atoms with Gasteiger partial charge in [0.05, 0.1) is 17.4 Å². The van der Waals surface area contributed by atoms with Crippen molar-refractivity contribution in [3.05, 3.63) is 78.0 Å². The summed E-state index contributed by atoms with van der Waals surface area (Å²) in [5.41, 5.74) is 4.56. The van der Waals surface area contributed by atoms with Crippen molar-refractivity contribution in [2.75, 3.05) is 10.6 Å². The summed E-state index contributed by atoms with van der Waals surface area (Å²) in [6.07, 6.45) is 4.47. The molecule has 4 N–H and O–H groups in total. The number of anilines is 3. The minimum Gasteiger partial charge on any atom is -0.380 e. The van der Waals surface area contributed by atoms with Crippen molar-refractivity contribution in [2.45, 2.75) is 6.54 Å². The van der Waals surface area contributed by atoms with Crippen molar-refractivity contribution in [1.82, 2.24) is 15.0 Å². The molecule has 0 aliphatic carbocycles. The van der Waals surface area contributed by atoms with Gasteiger partial charge < -0.3 is 21.0 Å². The molecule has 2 heterocycles. The Kier molecular flexibility index (Phi) is 4.49. The molecule has 0 saturated heterocycles. The van der Waals surface area contributed by atoms with Crippen LogP contribution < -0.4 is 10.6 Å². The number of nitrogens with one attached hydrogen (secondary N) is 4. The van der Waals surface area contributed by atoms with Gasteiger partial charge in [-0.1, -0.05) is 18.2 Å². The zero-order chi connectivity index (χ0) is 18.6. The number of H-pyrrole nitrogens is 1. The summed E-state index contributed by atoms with van der Waals surface area (Å²) in [7, 11) is 0. The Morgan fingerprint density at radius 2 is 2.00 bits per heavy atom. The highest BCUT2D eigenvalue weighted by molar-refractivity contribution is 5.87. The highest BCUT2D eigenvalue weighted by atomic mass is 19.1. The molecule has 0 saturated carbocycles. The summed E-state index contributed by atoms with van der Waals surface area (Å²) in [6, 6.07) is 14.2. The number of halogens is 1. The van der Waals surface area contributed by atoms with Crippen LogP contribution in [0.4, 0.5) is 21.6 Å². The zero-order valence-electron chi connectivity index (χ0n) is 14.3. The van der Waals surface area contributed by atoms with Gasteiger partial charge in [0.2, 0.25) is 0 Å². The monoisotopic (exact) mass is 360 g/mol. The molecule has 0 atom stereocenters. The Morgan fingerprint density at radius 3 is 2.85 bits per heavy atom. The van der Waals surface area contributed by atoms with Gasteiger partial charge in [0.25, 0.3) is 0 Å². The van der Waals surface area contributed by atoms with E-state index in [1.54, 1.807) is 36.8 Å². The first-order valence-corrected chi connectivity index (χ1v) is 8.41. The second kappa shape index (κ2) is 7.25. The fraction of sp³-hybridized carbons (Fsp3) is 0.0500. The molecule has 4 aromatic rings. The summed E-state index contributed by atoms with van der Waals surface area (Å²) in [5, 5.41) is 14.0. The molecule has 0 radical (unpaired) electrons. The standard InChI is InChI=1S/C20H17FN6/c21-16-4-2-1-3-13(16)10-23-18-8-20(24-11-14(18)9-22)27-15-5-6-17-19(7-15)26-12-25-17/h1-9,11-12,22H,10H2,(H,25,26)(H2,23,24,27). The smallest absolute Gasteiger partial charge is 0.132 e. The van der Waals surface area contributed by atoms with E-state index >= 15 is 0 Å². The van der Waals surface area contributed by atoms with Crippen LogP contribution >= 0.6 is 0 Å². The highest BCUT2D eigenvalue weighted by Crippen LogP contribution is 2.23. The topological polar surface area (TPSA) is 89.5 Å². The van der Waals surface area contributed by atoms with E-state index in [1.807, 2.05) is 18.2 Å². The van der Waals surface area contributed by atoms with Gasteiger partial charge in [0, 0.05) is 47.5 Å². The molecule has 0 aliphatic heterocycles. The molecular formula is C20H17FN6. The maximum Gasteiger partial charge on any atom is 0.132 e. The number of rotatable bonds is 6. The largest absolute Gasteiger partial charge is 0.380 e. The molecule has 0 bridgehead atoms. The Hall–Kier alpha value is -3.74. The molecule has 2 aromatic carbocycles. The molecule has 0 spiro atoms. The van der Waals surface area contributed by atoms with Crippen molar-refractivity contribution < 1.29 is 4.39 Å². The molecule has 4 rings (SSSR count). The zero-order valence-corrected chi connectivity index (χ0v) is 14.3. The quantitative estimate of drug-likeness (QED) is 0.382. The summed E-state index contributed by atoms with van der Waals surface area (Å²) in [6.45, 7) is 0.317. The van der Waals surface area contributed by atoms with E-state index < -0.39 is 0 Å². The Labute approximate surface area is 155 Å². The van der Waals surface area contributed by atoms with Crippen LogP contribution in [-0.4, -0.2) is 21.2 Å². The third kappa shape index (κ3) is 3.62. The lowest BCUT2D eigenvalue weighted by molar-refractivity contribution is 0.613. The number of hydrogen-bond donors (Lipinski definition) is 4. The lowest BCUT2D eigenvalue weighted by atomic mass is 10.2. The average Bonchev–Trinajstić information content (AvgIpc) is 3.15. The van der Waals surface area contributed by atoms with Crippen LogP contribution in [0.2, 0.25) is 0 Å². The molecular weight excluding hydrogens is 343 g/mol. The lowest BCUT2D eigenvalue weighted by Gasteiger charge is -2.12. The molecule has 0 unspecified atom stereocenters. The van der Waals surface area contributed by atoms with E-state index in [0.29, 0.717) is 29.2 Å². The number of aromatic nitrogens is 3. The Morgan fingerprint density at radius 1 is 1.11 bits per heavy atom. The van der Waals surface area contributed by atoms with Crippen LogP contribution in [0.15, 0.2) is 61.1 Å². The summed E-state index contributed by atoms with van der Waals surface area (Å²) in [5.74, 6) is 0.358. The van der Waals surface area contributed by atoms with Gasteiger partial charge in [0.15, 0.2) is 0 Å². The van der Waals surface area contributed by atoms with Crippen LogP contribution in [0.3, 0.4) is 0 Å². The Bertz CT molecular complexity index is 1100. The molecule has 2 aromatic heterocycles. The predicted octanol–water partition coefficient (Wildman–Crippen LogP) is 4.45. The van der Waals surface area contributed by atoms with Gasteiger partial charge in [0.1, 0.15) is 11.6 Å². The van der Waals surface area contributed by atoms with Crippen LogP contribution in [-0.2, 0) is 6.54 Å². The Balaban J connectivity index is 1.56. The number of aromatic amines is 1. The number of nitrogens with zero attached hydrogens (tertiary/aromatic N) is 2. The highest BCUT2D eigenvalue weighted by Gasteiger charge is 2.07. The number of benzene rings is 2. The van der Waals surface area contributed by atoms with Crippen molar-refractivity contribution >= 4 is 34.4 Å². The van der Waals surface area contributed by atoms with Gasteiger partial charge in [-0.2, -0.15) is 0 Å². The third-order valence-corrected chi connectivity index (χ3v) is 4.21. The third-order valence-electron chi connectivity index (χ3n) is 4.21. The fourth-order valence-electron chi connectivity index (χ4n) is 2.80. The van der Waals surface area contributed by atoms with Gasteiger partial charge in [-0.25, -0.2) is 14.4 Å². The van der Waals surface area contributed by atoms with Crippen LogP contribution in [0.25, 0.3) is 11.0 Å². The molecule has 0 fully saturated rings. The fourth-order valence-corrected chi connectivity index (χ4v) is 2.80. The molecule has 134 valence electrons. The first kappa shape index (κ1) is 16.7. The second-order valence-corrected chi connectivity index (χ2v) is 6.01. The molecule has 27 heavy (non-hydrogen) atoms. The number of imidazole rings is 1. The minimum absolute atomic E-state index is 0.262. The van der Waals surface area contributed by atoms with Gasteiger partial charge >= 0.3 is 0 Å². The summed E-state index contributed by atoms with van der Waals surface area (Å²) < 4.78 is 13.8. The number of hydrogen-bond acceptors (Lipinski definition) is 5. The van der Waals surface area contributed by atoms with E-state index in [0.717, 1.165) is 16.7 Å². The van der Waals surface area contributed by atoms with Crippen LogP contribution in [0.5, 0.6) is 0 Å². The van der Waals surface area contributed by atoms with Crippen LogP contribution in [0.1, 0.15) is 11.1 Å². The first-order valence-electron chi connectivity index (χ1n) is 8.41. The van der Waals surface area contributed by atoms with Crippen molar-refractivity contribution in [3.8, 4) is 0 Å². The van der Waals surface area contributed by atoms with E-state index in [-0.39, 0.29) is 5.82 Å². The molecule has 0 amide bonds. The average molecular weight is 360 g/mol. The summed E-state index contributed by atoms with van der Waals surface area (Å²) >= 11 is 0. The predicted molar refractivity (Wildman–Crippen MR) is 105 cm³/mol. The lowest BCUT2D eigenvalue weighted by Crippen LogP contribution is -2.05. The number of pyridine rings is 1. The van der Waals surface area contributed by atoms with Crippen LogP contribution in [0, 0.1) is 11.2 Å². The van der Waals surface area contributed by atoms with E-state index in [4.69, 9.17) is 5.41 Å². The molecule has 6 nitrogen and oxygen atoms in total.